The Balaban J connectivity index is 1.57. The van der Waals surface area contributed by atoms with Gasteiger partial charge in [0.05, 0.1) is 5.75 Å². The summed E-state index contributed by atoms with van der Waals surface area (Å²) < 4.78 is 27.1. The molecule has 1 aliphatic carbocycles. The van der Waals surface area contributed by atoms with Crippen molar-refractivity contribution in [2.45, 2.75) is 45.1 Å². The predicted octanol–water partition coefficient (Wildman–Crippen LogP) is 4.95. The number of benzene rings is 1. The van der Waals surface area contributed by atoms with E-state index in [1.165, 1.54) is 0 Å². The number of carbonyl (C=O) groups is 1. The normalized spacial score (nSPS) is 19.5. The number of halogens is 1. The SMILES string of the molecule is CCCS(=O)(=O)N[C@H]1CCC[C@H](C(=O)c2c[nH]c3ncc(-c4ccc(Cl)cc4)cc23)C1. The summed E-state index contributed by atoms with van der Waals surface area (Å²) in [5, 5.41) is 1.45. The number of Topliss-reactive ketones (excluding diaryl/α,β-unsaturated/α-hetero) is 1. The van der Waals surface area contributed by atoms with Crippen molar-refractivity contribution in [3.63, 3.8) is 0 Å². The lowest BCUT2D eigenvalue weighted by molar-refractivity contribution is 0.0880. The Morgan fingerprint density at radius 3 is 2.74 bits per heavy atom. The number of hydrogen-bond donors (Lipinski definition) is 2. The minimum absolute atomic E-state index is 0.0423. The summed E-state index contributed by atoms with van der Waals surface area (Å²) in [5.74, 6) is -0.0501. The Morgan fingerprint density at radius 2 is 2.00 bits per heavy atom. The summed E-state index contributed by atoms with van der Waals surface area (Å²) in [5.41, 5.74) is 3.16. The van der Waals surface area contributed by atoms with Gasteiger partial charge < -0.3 is 4.98 Å². The quantitative estimate of drug-likeness (QED) is 0.489. The second kappa shape index (κ2) is 9.10. The van der Waals surface area contributed by atoms with Gasteiger partial charge in [0, 0.05) is 45.9 Å². The van der Waals surface area contributed by atoms with Gasteiger partial charge in [-0.05, 0) is 49.4 Å². The summed E-state index contributed by atoms with van der Waals surface area (Å²) in [4.78, 5) is 20.9. The highest BCUT2D eigenvalue weighted by Crippen LogP contribution is 2.32. The van der Waals surface area contributed by atoms with Crippen LogP contribution in [0.15, 0.2) is 42.7 Å². The summed E-state index contributed by atoms with van der Waals surface area (Å²) in [7, 11) is -3.30. The number of ketones is 1. The maximum atomic E-state index is 13.4. The van der Waals surface area contributed by atoms with Crippen LogP contribution in [0.5, 0.6) is 0 Å². The van der Waals surface area contributed by atoms with Crippen molar-refractivity contribution in [1.82, 2.24) is 14.7 Å². The molecule has 0 unspecified atom stereocenters. The number of aromatic amines is 1. The van der Waals surface area contributed by atoms with E-state index in [4.69, 9.17) is 11.6 Å². The van der Waals surface area contributed by atoms with E-state index >= 15 is 0 Å². The molecule has 3 aromatic rings. The van der Waals surface area contributed by atoms with Gasteiger partial charge in [0.15, 0.2) is 5.78 Å². The van der Waals surface area contributed by atoms with Gasteiger partial charge in [0.2, 0.25) is 10.0 Å². The Hall–Kier alpha value is -2.22. The number of fused-ring (bicyclic) bond motifs is 1. The largest absolute Gasteiger partial charge is 0.345 e. The first kappa shape index (κ1) is 22.0. The highest BCUT2D eigenvalue weighted by Gasteiger charge is 2.31. The molecule has 2 aromatic heterocycles. The third-order valence-electron chi connectivity index (χ3n) is 5.84. The molecule has 0 spiro atoms. The first-order chi connectivity index (χ1) is 14.9. The second-order valence-corrected chi connectivity index (χ2v) is 10.5. The van der Waals surface area contributed by atoms with E-state index in [1.54, 1.807) is 12.4 Å². The molecule has 4 rings (SSSR count). The molecule has 2 atom stereocenters. The average molecular weight is 460 g/mol. The lowest BCUT2D eigenvalue weighted by atomic mass is 9.81. The van der Waals surface area contributed by atoms with Crippen LogP contribution in [0.2, 0.25) is 5.02 Å². The minimum Gasteiger partial charge on any atom is -0.345 e. The number of carbonyl (C=O) groups excluding carboxylic acids is 1. The lowest BCUT2D eigenvalue weighted by Gasteiger charge is -2.28. The number of nitrogens with zero attached hydrogens (tertiary/aromatic N) is 1. The maximum absolute atomic E-state index is 13.4. The Labute approximate surface area is 187 Å². The Bertz CT molecular complexity index is 1190. The Morgan fingerprint density at radius 1 is 1.23 bits per heavy atom. The molecular formula is C23H26ClN3O3S. The maximum Gasteiger partial charge on any atom is 0.211 e. The molecule has 6 nitrogen and oxygen atoms in total. The molecule has 0 aliphatic heterocycles. The molecule has 1 fully saturated rings. The highest BCUT2D eigenvalue weighted by atomic mass is 35.5. The fourth-order valence-corrected chi connectivity index (χ4v) is 5.85. The molecule has 2 heterocycles. The van der Waals surface area contributed by atoms with Crippen LogP contribution in [-0.4, -0.2) is 36.0 Å². The molecule has 0 radical (unpaired) electrons. The minimum atomic E-state index is -3.30. The Kier molecular flexibility index (Phi) is 6.46. The smallest absolute Gasteiger partial charge is 0.211 e. The number of H-pyrrole nitrogens is 1. The van der Waals surface area contributed by atoms with Crippen LogP contribution in [0.1, 0.15) is 49.4 Å². The second-order valence-electron chi connectivity index (χ2n) is 8.19. The van der Waals surface area contributed by atoms with Gasteiger partial charge in [-0.15, -0.1) is 0 Å². The number of nitrogens with one attached hydrogen (secondary N) is 2. The van der Waals surface area contributed by atoms with E-state index < -0.39 is 10.0 Å². The first-order valence-corrected chi connectivity index (χ1v) is 12.7. The van der Waals surface area contributed by atoms with Gasteiger partial charge in [0.1, 0.15) is 5.65 Å². The highest BCUT2D eigenvalue weighted by molar-refractivity contribution is 7.89. The van der Waals surface area contributed by atoms with Crippen LogP contribution >= 0.6 is 11.6 Å². The fourth-order valence-electron chi connectivity index (χ4n) is 4.34. The van der Waals surface area contributed by atoms with Crippen molar-refractivity contribution in [2.24, 2.45) is 5.92 Å². The van der Waals surface area contributed by atoms with Gasteiger partial charge in [0.25, 0.3) is 0 Å². The van der Waals surface area contributed by atoms with Gasteiger partial charge in [-0.1, -0.05) is 37.1 Å². The first-order valence-electron chi connectivity index (χ1n) is 10.6. The molecule has 1 aromatic carbocycles. The molecule has 31 heavy (non-hydrogen) atoms. The zero-order chi connectivity index (χ0) is 22.0. The number of hydrogen-bond acceptors (Lipinski definition) is 4. The van der Waals surface area contributed by atoms with Crippen molar-refractivity contribution in [1.29, 1.82) is 0 Å². The van der Waals surface area contributed by atoms with E-state index in [0.29, 0.717) is 29.1 Å². The van der Waals surface area contributed by atoms with Crippen molar-refractivity contribution in [2.75, 3.05) is 5.75 Å². The van der Waals surface area contributed by atoms with Gasteiger partial charge in [-0.25, -0.2) is 18.1 Å². The molecule has 1 aliphatic rings. The zero-order valence-corrected chi connectivity index (χ0v) is 19.0. The molecule has 2 N–H and O–H groups in total. The van der Waals surface area contributed by atoms with Crippen LogP contribution in [0, 0.1) is 5.92 Å². The molecular weight excluding hydrogens is 434 g/mol. The lowest BCUT2D eigenvalue weighted by Crippen LogP contribution is -2.40. The van der Waals surface area contributed by atoms with Crippen LogP contribution in [-0.2, 0) is 10.0 Å². The summed E-state index contributed by atoms with van der Waals surface area (Å²) in [6, 6.07) is 9.28. The molecule has 0 bridgehead atoms. The fraction of sp³-hybridized carbons (Fsp3) is 0.391. The van der Waals surface area contributed by atoms with Gasteiger partial charge in [-0.3, -0.25) is 4.79 Å². The van der Waals surface area contributed by atoms with E-state index in [9.17, 15) is 13.2 Å². The monoisotopic (exact) mass is 459 g/mol. The molecule has 164 valence electrons. The topological polar surface area (TPSA) is 91.9 Å². The summed E-state index contributed by atoms with van der Waals surface area (Å²) in [6.45, 7) is 1.84. The standard InChI is InChI=1S/C23H26ClN3O3S/c1-2-10-31(29,30)27-19-5-3-4-16(11-19)22(28)21-14-26-23-20(21)12-17(13-25-23)15-6-8-18(24)9-7-15/h6-9,12-14,16,19,27H,2-5,10-11H2,1H3,(H,25,26)/t16-,19-/m0/s1. The van der Waals surface area contributed by atoms with Crippen molar-refractivity contribution >= 4 is 38.4 Å². The van der Waals surface area contributed by atoms with Gasteiger partial charge >= 0.3 is 0 Å². The van der Waals surface area contributed by atoms with Crippen molar-refractivity contribution in [3.8, 4) is 11.1 Å². The van der Waals surface area contributed by atoms with Crippen LogP contribution in [0.3, 0.4) is 0 Å². The van der Waals surface area contributed by atoms with Gasteiger partial charge in [-0.2, -0.15) is 0 Å². The molecule has 1 saturated carbocycles. The average Bonchev–Trinajstić information content (AvgIpc) is 3.16. The number of aromatic nitrogens is 2. The summed E-state index contributed by atoms with van der Waals surface area (Å²) >= 11 is 5.99. The molecule has 0 amide bonds. The number of pyridine rings is 1. The van der Waals surface area contributed by atoms with Crippen molar-refractivity contribution in [3.05, 3.63) is 53.3 Å². The third-order valence-corrected chi connectivity index (χ3v) is 7.73. The van der Waals surface area contributed by atoms with E-state index in [2.05, 4.69) is 14.7 Å². The molecule has 8 heteroatoms. The van der Waals surface area contributed by atoms with Crippen molar-refractivity contribution < 1.29 is 13.2 Å². The number of sulfonamides is 1. The van der Waals surface area contributed by atoms with Crippen LogP contribution < -0.4 is 4.72 Å². The summed E-state index contributed by atoms with van der Waals surface area (Å²) in [6.07, 6.45) is 6.95. The zero-order valence-electron chi connectivity index (χ0n) is 17.4. The molecule has 0 saturated heterocycles. The number of rotatable bonds is 7. The van der Waals surface area contributed by atoms with Crippen LogP contribution in [0.4, 0.5) is 0 Å². The predicted molar refractivity (Wildman–Crippen MR) is 124 cm³/mol. The van der Waals surface area contributed by atoms with E-state index in [-0.39, 0.29) is 23.5 Å². The van der Waals surface area contributed by atoms with E-state index in [0.717, 1.165) is 35.8 Å². The third kappa shape index (κ3) is 5.00. The van der Waals surface area contributed by atoms with Crippen LogP contribution in [0.25, 0.3) is 22.2 Å². The van der Waals surface area contributed by atoms with E-state index in [1.807, 2.05) is 37.3 Å².